The Balaban J connectivity index is 1.93. The number of anilines is 1. The number of rotatable bonds is 2. The van der Waals surface area contributed by atoms with Crippen molar-refractivity contribution in [1.82, 2.24) is 0 Å². The molecule has 96 valence electrons. The molecular formula is C16H16N2O. The van der Waals surface area contributed by atoms with Crippen molar-refractivity contribution >= 4 is 11.6 Å². The van der Waals surface area contributed by atoms with Crippen molar-refractivity contribution in [2.75, 3.05) is 11.4 Å². The van der Waals surface area contributed by atoms with Crippen molar-refractivity contribution in [2.45, 2.75) is 13.0 Å². The van der Waals surface area contributed by atoms with E-state index in [2.05, 4.69) is 0 Å². The minimum atomic E-state index is 0.0855. The van der Waals surface area contributed by atoms with Crippen molar-refractivity contribution in [1.29, 1.82) is 0 Å². The molecule has 0 saturated carbocycles. The number of hydrogen-bond donors (Lipinski definition) is 1. The fourth-order valence-corrected chi connectivity index (χ4v) is 2.48. The Bertz CT molecular complexity index is 604. The fourth-order valence-electron chi connectivity index (χ4n) is 2.48. The number of amides is 1. The lowest BCUT2D eigenvalue weighted by Crippen LogP contribution is -2.37. The summed E-state index contributed by atoms with van der Waals surface area (Å²) in [5.74, 6) is 0.0855. The Hall–Kier alpha value is -2.13. The van der Waals surface area contributed by atoms with Crippen LogP contribution in [0.5, 0.6) is 0 Å². The number of fused-ring (bicyclic) bond motifs is 1. The van der Waals surface area contributed by atoms with E-state index in [9.17, 15) is 4.79 Å². The summed E-state index contributed by atoms with van der Waals surface area (Å²) in [5, 5.41) is 0. The summed E-state index contributed by atoms with van der Waals surface area (Å²) in [6, 6.07) is 15.7. The molecule has 2 aromatic carbocycles. The van der Waals surface area contributed by atoms with Gasteiger partial charge in [0.1, 0.15) is 0 Å². The van der Waals surface area contributed by atoms with Gasteiger partial charge in [0.15, 0.2) is 0 Å². The Morgan fingerprint density at radius 2 is 1.79 bits per heavy atom. The van der Waals surface area contributed by atoms with Gasteiger partial charge in [-0.3, -0.25) is 4.79 Å². The molecule has 2 aromatic rings. The Kier molecular flexibility index (Phi) is 3.05. The summed E-state index contributed by atoms with van der Waals surface area (Å²) in [6.45, 7) is 1.26. The van der Waals surface area contributed by atoms with Gasteiger partial charge in [-0.2, -0.15) is 0 Å². The van der Waals surface area contributed by atoms with Gasteiger partial charge < -0.3 is 10.6 Å². The lowest BCUT2D eigenvalue weighted by Gasteiger charge is -2.28. The first-order chi connectivity index (χ1) is 9.29. The van der Waals surface area contributed by atoms with Gasteiger partial charge in [-0.1, -0.05) is 30.3 Å². The van der Waals surface area contributed by atoms with E-state index >= 15 is 0 Å². The van der Waals surface area contributed by atoms with Gasteiger partial charge in [0.25, 0.3) is 5.91 Å². The van der Waals surface area contributed by atoms with Crippen molar-refractivity contribution < 1.29 is 4.79 Å². The average molecular weight is 252 g/mol. The summed E-state index contributed by atoms with van der Waals surface area (Å²) >= 11 is 0. The molecule has 0 aliphatic carbocycles. The van der Waals surface area contributed by atoms with Gasteiger partial charge >= 0.3 is 0 Å². The van der Waals surface area contributed by atoms with E-state index in [4.69, 9.17) is 5.73 Å². The molecule has 0 bridgehead atoms. The van der Waals surface area contributed by atoms with Crippen LogP contribution < -0.4 is 10.6 Å². The molecule has 0 atom stereocenters. The minimum Gasteiger partial charge on any atom is -0.326 e. The first-order valence-corrected chi connectivity index (χ1v) is 6.48. The second-order valence-electron chi connectivity index (χ2n) is 4.73. The lowest BCUT2D eigenvalue weighted by molar-refractivity contribution is 0.0980. The first-order valence-electron chi connectivity index (χ1n) is 6.48. The first kappa shape index (κ1) is 11.9. The standard InChI is InChI=1S/C16H16N2O/c17-11-12-5-7-14(8-6-12)18-10-9-13-3-1-2-4-15(13)16(18)19/h1-8H,9-11,17H2. The molecule has 3 heteroatoms. The van der Waals surface area contributed by atoms with Gasteiger partial charge in [-0.15, -0.1) is 0 Å². The van der Waals surface area contributed by atoms with Gasteiger partial charge in [-0.05, 0) is 35.7 Å². The highest BCUT2D eigenvalue weighted by molar-refractivity contribution is 6.08. The maximum Gasteiger partial charge on any atom is 0.258 e. The van der Waals surface area contributed by atoms with E-state index in [1.807, 2.05) is 53.4 Å². The fraction of sp³-hybridized carbons (Fsp3) is 0.188. The Morgan fingerprint density at radius 1 is 1.05 bits per heavy atom. The third-order valence-electron chi connectivity index (χ3n) is 3.58. The van der Waals surface area contributed by atoms with E-state index in [1.54, 1.807) is 0 Å². The summed E-state index contributed by atoms with van der Waals surface area (Å²) in [4.78, 5) is 14.3. The largest absolute Gasteiger partial charge is 0.326 e. The molecule has 0 aromatic heterocycles. The molecule has 1 aliphatic heterocycles. The van der Waals surface area contributed by atoms with Crippen LogP contribution in [0.3, 0.4) is 0 Å². The quantitative estimate of drug-likeness (QED) is 0.891. The highest BCUT2D eigenvalue weighted by atomic mass is 16.2. The highest BCUT2D eigenvalue weighted by Crippen LogP contribution is 2.24. The lowest BCUT2D eigenvalue weighted by atomic mass is 9.98. The molecule has 1 aliphatic rings. The number of carbonyl (C=O) groups is 1. The third kappa shape index (κ3) is 2.13. The van der Waals surface area contributed by atoms with Crippen LogP contribution in [0.15, 0.2) is 48.5 Å². The zero-order chi connectivity index (χ0) is 13.2. The van der Waals surface area contributed by atoms with Crippen LogP contribution in [-0.2, 0) is 13.0 Å². The molecule has 0 fully saturated rings. The second-order valence-corrected chi connectivity index (χ2v) is 4.73. The molecule has 3 rings (SSSR count). The monoisotopic (exact) mass is 252 g/mol. The van der Waals surface area contributed by atoms with E-state index in [0.29, 0.717) is 6.54 Å². The van der Waals surface area contributed by atoms with Crippen LogP contribution >= 0.6 is 0 Å². The highest BCUT2D eigenvalue weighted by Gasteiger charge is 2.24. The molecule has 1 amide bonds. The molecule has 2 N–H and O–H groups in total. The topological polar surface area (TPSA) is 46.3 Å². The molecule has 0 radical (unpaired) electrons. The maximum absolute atomic E-state index is 12.5. The van der Waals surface area contributed by atoms with Crippen molar-refractivity contribution in [3.8, 4) is 0 Å². The molecule has 1 heterocycles. The molecular weight excluding hydrogens is 236 g/mol. The molecule has 19 heavy (non-hydrogen) atoms. The maximum atomic E-state index is 12.5. The zero-order valence-corrected chi connectivity index (χ0v) is 10.7. The van der Waals surface area contributed by atoms with E-state index in [0.717, 1.165) is 35.3 Å². The summed E-state index contributed by atoms with van der Waals surface area (Å²) in [5.41, 5.74) is 9.56. The van der Waals surface area contributed by atoms with Gasteiger partial charge in [0, 0.05) is 24.3 Å². The van der Waals surface area contributed by atoms with E-state index < -0.39 is 0 Å². The van der Waals surface area contributed by atoms with Crippen LogP contribution in [-0.4, -0.2) is 12.5 Å². The zero-order valence-electron chi connectivity index (χ0n) is 10.7. The van der Waals surface area contributed by atoms with Crippen molar-refractivity contribution in [3.05, 3.63) is 65.2 Å². The predicted molar refractivity (Wildman–Crippen MR) is 76.2 cm³/mol. The van der Waals surface area contributed by atoms with Crippen LogP contribution in [0, 0.1) is 0 Å². The number of hydrogen-bond acceptors (Lipinski definition) is 2. The number of nitrogens with zero attached hydrogens (tertiary/aromatic N) is 1. The molecule has 0 spiro atoms. The summed E-state index contributed by atoms with van der Waals surface area (Å²) in [6.07, 6.45) is 0.903. The predicted octanol–water partition coefficient (Wildman–Crippen LogP) is 2.35. The van der Waals surface area contributed by atoms with Gasteiger partial charge in [0.05, 0.1) is 0 Å². The second kappa shape index (κ2) is 4.86. The Labute approximate surface area is 112 Å². The Morgan fingerprint density at radius 3 is 2.53 bits per heavy atom. The molecule has 3 nitrogen and oxygen atoms in total. The van der Waals surface area contributed by atoms with E-state index in [1.165, 1.54) is 0 Å². The summed E-state index contributed by atoms with van der Waals surface area (Å²) in [7, 11) is 0. The van der Waals surface area contributed by atoms with Crippen molar-refractivity contribution in [3.63, 3.8) is 0 Å². The average Bonchev–Trinajstić information content (AvgIpc) is 2.48. The van der Waals surface area contributed by atoms with Crippen LogP contribution in [0.4, 0.5) is 5.69 Å². The number of benzene rings is 2. The number of nitrogens with two attached hydrogens (primary N) is 1. The van der Waals surface area contributed by atoms with E-state index in [-0.39, 0.29) is 5.91 Å². The molecule has 0 unspecified atom stereocenters. The number of carbonyl (C=O) groups excluding carboxylic acids is 1. The summed E-state index contributed by atoms with van der Waals surface area (Å²) < 4.78 is 0. The van der Waals surface area contributed by atoms with Crippen molar-refractivity contribution in [2.24, 2.45) is 5.73 Å². The van der Waals surface area contributed by atoms with Gasteiger partial charge in [-0.25, -0.2) is 0 Å². The van der Waals surface area contributed by atoms with Crippen LogP contribution in [0.1, 0.15) is 21.5 Å². The van der Waals surface area contributed by atoms with Crippen LogP contribution in [0.2, 0.25) is 0 Å². The van der Waals surface area contributed by atoms with Crippen LogP contribution in [0.25, 0.3) is 0 Å². The normalized spacial score (nSPS) is 14.4. The minimum absolute atomic E-state index is 0.0855. The molecule has 0 saturated heterocycles. The smallest absolute Gasteiger partial charge is 0.258 e. The SMILES string of the molecule is NCc1ccc(N2CCc3ccccc3C2=O)cc1. The third-order valence-corrected chi connectivity index (χ3v) is 3.58. The van der Waals surface area contributed by atoms with Gasteiger partial charge in [0.2, 0.25) is 0 Å².